The molecular weight excluding hydrogens is 390 g/mol. The summed E-state index contributed by atoms with van der Waals surface area (Å²) < 4.78 is 17.5. The number of hydrogen-bond acceptors (Lipinski definition) is 5. The SMILES string of the molecule is COc1ccc(C(OC(c2ccccc2)C2CNCC2O)c2ccc(OC)cc2)cc1. The molecule has 3 atom stereocenters. The van der Waals surface area contributed by atoms with Crippen molar-refractivity contribution in [2.75, 3.05) is 27.3 Å². The van der Waals surface area contributed by atoms with Gasteiger partial charge in [0.2, 0.25) is 0 Å². The van der Waals surface area contributed by atoms with Crippen molar-refractivity contribution >= 4 is 0 Å². The highest BCUT2D eigenvalue weighted by atomic mass is 16.5. The lowest BCUT2D eigenvalue weighted by atomic mass is 9.92. The van der Waals surface area contributed by atoms with Gasteiger partial charge in [-0.2, -0.15) is 0 Å². The lowest BCUT2D eigenvalue weighted by Gasteiger charge is -2.31. The van der Waals surface area contributed by atoms with Crippen LogP contribution in [0.1, 0.15) is 28.9 Å². The van der Waals surface area contributed by atoms with E-state index in [1.165, 1.54) is 0 Å². The molecule has 1 aliphatic heterocycles. The van der Waals surface area contributed by atoms with Gasteiger partial charge in [-0.15, -0.1) is 0 Å². The fraction of sp³-hybridized carbons (Fsp3) is 0.308. The maximum Gasteiger partial charge on any atom is 0.118 e. The molecule has 3 aromatic carbocycles. The van der Waals surface area contributed by atoms with Crippen LogP contribution in [0.3, 0.4) is 0 Å². The molecule has 1 heterocycles. The van der Waals surface area contributed by atoms with Crippen LogP contribution in [-0.4, -0.2) is 38.5 Å². The standard InChI is InChI=1S/C26H29NO4/c1-29-21-12-8-19(9-13-21)25(20-10-14-22(30-2)15-11-20)31-26(18-6-4-3-5-7-18)23-16-27-17-24(23)28/h3-15,23-28H,16-17H2,1-2H3. The average molecular weight is 420 g/mol. The van der Waals surface area contributed by atoms with Crippen molar-refractivity contribution in [2.24, 2.45) is 5.92 Å². The Bertz CT molecular complexity index is 896. The minimum atomic E-state index is -0.461. The van der Waals surface area contributed by atoms with E-state index in [1.807, 2.05) is 66.7 Å². The van der Waals surface area contributed by atoms with E-state index in [1.54, 1.807) is 14.2 Å². The Morgan fingerprint density at radius 2 is 1.29 bits per heavy atom. The van der Waals surface area contributed by atoms with Crippen LogP contribution in [0, 0.1) is 5.92 Å². The van der Waals surface area contributed by atoms with Gasteiger partial charge in [-0.1, -0.05) is 54.6 Å². The first-order chi connectivity index (χ1) is 15.2. The normalized spacial score (nSPS) is 19.4. The third-order valence-electron chi connectivity index (χ3n) is 5.86. The molecule has 31 heavy (non-hydrogen) atoms. The van der Waals surface area contributed by atoms with Crippen molar-refractivity contribution in [3.63, 3.8) is 0 Å². The lowest BCUT2D eigenvalue weighted by Crippen LogP contribution is -2.28. The predicted molar refractivity (Wildman–Crippen MR) is 120 cm³/mol. The van der Waals surface area contributed by atoms with E-state index in [0.29, 0.717) is 13.1 Å². The quantitative estimate of drug-likeness (QED) is 0.575. The Morgan fingerprint density at radius 3 is 1.74 bits per heavy atom. The summed E-state index contributed by atoms with van der Waals surface area (Å²) in [5, 5.41) is 13.9. The summed E-state index contributed by atoms with van der Waals surface area (Å²) in [6, 6.07) is 26.0. The molecular formula is C26H29NO4. The number of hydrogen-bond donors (Lipinski definition) is 2. The summed E-state index contributed by atoms with van der Waals surface area (Å²) in [6.07, 6.45) is -1.03. The van der Waals surface area contributed by atoms with Crippen molar-refractivity contribution < 1.29 is 19.3 Å². The fourth-order valence-electron chi connectivity index (χ4n) is 4.12. The van der Waals surface area contributed by atoms with E-state index >= 15 is 0 Å². The van der Waals surface area contributed by atoms with Crippen LogP contribution in [0.5, 0.6) is 11.5 Å². The van der Waals surface area contributed by atoms with Crippen LogP contribution in [0.15, 0.2) is 78.9 Å². The lowest BCUT2D eigenvalue weighted by molar-refractivity contribution is -0.0507. The van der Waals surface area contributed by atoms with E-state index < -0.39 is 6.10 Å². The largest absolute Gasteiger partial charge is 0.497 e. The van der Waals surface area contributed by atoms with Gasteiger partial charge in [-0.3, -0.25) is 0 Å². The maximum absolute atomic E-state index is 10.6. The van der Waals surface area contributed by atoms with Crippen LogP contribution < -0.4 is 14.8 Å². The molecule has 5 heteroatoms. The van der Waals surface area contributed by atoms with Gasteiger partial charge >= 0.3 is 0 Å². The molecule has 1 fully saturated rings. The molecule has 0 aromatic heterocycles. The summed E-state index contributed by atoms with van der Waals surface area (Å²) in [5.74, 6) is 1.56. The van der Waals surface area contributed by atoms with Gasteiger partial charge in [0.1, 0.15) is 17.6 Å². The zero-order valence-electron chi connectivity index (χ0n) is 17.9. The molecule has 1 aliphatic rings. The number of benzene rings is 3. The van der Waals surface area contributed by atoms with E-state index in [4.69, 9.17) is 14.2 Å². The summed E-state index contributed by atoms with van der Waals surface area (Å²) in [6.45, 7) is 1.28. The Kier molecular flexibility index (Phi) is 6.87. The third-order valence-corrected chi connectivity index (χ3v) is 5.86. The summed E-state index contributed by atoms with van der Waals surface area (Å²) in [5.41, 5.74) is 3.10. The Balaban J connectivity index is 1.72. The number of aliphatic hydroxyl groups is 1. The maximum atomic E-state index is 10.6. The second-order valence-corrected chi connectivity index (χ2v) is 7.78. The second-order valence-electron chi connectivity index (χ2n) is 7.78. The van der Waals surface area contributed by atoms with Crippen molar-refractivity contribution in [1.82, 2.24) is 5.32 Å². The zero-order valence-corrected chi connectivity index (χ0v) is 17.9. The number of ether oxygens (including phenoxy) is 3. The Hall–Kier alpha value is -2.86. The Morgan fingerprint density at radius 1 is 0.742 bits per heavy atom. The van der Waals surface area contributed by atoms with Gasteiger partial charge in [0.25, 0.3) is 0 Å². The monoisotopic (exact) mass is 419 g/mol. The average Bonchev–Trinajstić information content (AvgIpc) is 3.26. The van der Waals surface area contributed by atoms with Crippen molar-refractivity contribution in [3.8, 4) is 11.5 Å². The van der Waals surface area contributed by atoms with Crippen molar-refractivity contribution in [2.45, 2.75) is 18.3 Å². The molecule has 162 valence electrons. The molecule has 4 rings (SSSR count). The first kappa shape index (κ1) is 21.4. The van der Waals surface area contributed by atoms with Crippen LogP contribution in [0.25, 0.3) is 0 Å². The first-order valence-electron chi connectivity index (χ1n) is 10.6. The van der Waals surface area contributed by atoms with Crippen LogP contribution in [0.2, 0.25) is 0 Å². The topological polar surface area (TPSA) is 60.0 Å². The van der Waals surface area contributed by atoms with Crippen molar-refractivity contribution in [1.29, 1.82) is 0 Å². The third kappa shape index (κ3) is 4.90. The molecule has 0 saturated carbocycles. The highest BCUT2D eigenvalue weighted by Crippen LogP contribution is 2.39. The molecule has 0 radical (unpaired) electrons. The molecule has 0 bridgehead atoms. The van der Waals surface area contributed by atoms with Gasteiger partial charge in [-0.05, 0) is 41.0 Å². The molecule has 2 N–H and O–H groups in total. The van der Waals surface area contributed by atoms with Crippen LogP contribution in [0.4, 0.5) is 0 Å². The number of methoxy groups -OCH3 is 2. The molecule has 1 saturated heterocycles. The second kappa shape index (κ2) is 9.96. The zero-order chi connectivity index (χ0) is 21.6. The smallest absolute Gasteiger partial charge is 0.118 e. The van der Waals surface area contributed by atoms with E-state index in [9.17, 15) is 5.11 Å². The molecule has 0 amide bonds. The van der Waals surface area contributed by atoms with Crippen LogP contribution >= 0.6 is 0 Å². The number of aliphatic hydroxyl groups excluding tert-OH is 1. The van der Waals surface area contributed by atoms with Gasteiger partial charge in [0.05, 0.1) is 26.4 Å². The molecule has 3 aromatic rings. The fourth-order valence-corrected chi connectivity index (χ4v) is 4.12. The molecule has 5 nitrogen and oxygen atoms in total. The minimum Gasteiger partial charge on any atom is -0.497 e. The van der Waals surface area contributed by atoms with E-state index in [0.717, 1.165) is 28.2 Å². The predicted octanol–water partition coefficient (Wildman–Crippen LogP) is 4.13. The van der Waals surface area contributed by atoms with Gasteiger partial charge in [-0.25, -0.2) is 0 Å². The van der Waals surface area contributed by atoms with Crippen molar-refractivity contribution in [3.05, 3.63) is 95.6 Å². The van der Waals surface area contributed by atoms with E-state index in [2.05, 4.69) is 17.4 Å². The highest BCUT2D eigenvalue weighted by Gasteiger charge is 2.36. The molecule has 0 aliphatic carbocycles. The van der Waals surface area contributed by atoms with Gasteiger partial charge in [0.15, 0.2) is 0 Å². The highest BCUT2D eigenvalue weighted by molar-refractivity contribution is 5.37. The summed E-state index contributed by atoms with van der Waals surface area (Å²) in [7, 11) is 3.32. The van der Waals surface area contributed by atoms with E-state index in [-0.39, 0.29) is 18.1 Å². The van der Waals surface area contributed by atoms with Gasteiger partial charge < -0.3 is 24.6 Å². The summed E-state index contributed by atoms with van der Waals surface area (Å²) >= 11 is 0. The number of nitrogens with one attached hydrogen (secondary N) is 1. The first-order valence-corrected chi connectivity index (χ1v) is 10.6. The Labute approximate surface area is 183 Å². The number of β-amino-alcohol motifs (C(OH)–C–C–N with tert-alkyl or cyclic N) is 1. The van der Waals surface area contributed by atoms with Gasteiger partial charge in [0, 0.05) is 19.0 Å². The number of rotatable bonds is 8. The molecule has 0 spiro atoms. The minimum absolute atomic E-state index is 0.0404. The molecule has 3 unspecified atom stereocenters. The van der Waals surface area contributed by atoms with Crippen LogP contribution in [-0.2, 0) is 4.74 Å². The summed E-state index contributed by atoms with van der Waals surface area (Å²) in [4.78, 5) is 0.